The van der Waals surface area contributed by atoms with Crippen LogP contribution < -0.4 is 5.32 Å². The van der Waals surface area contributed by atoms with E-state index in [0.29, 0.717) is 19.5 Å². The Labute approximate surface area is 139 Å². The van der Waals surface area contributed by atoms with Gasteiger partial charge in [-0.05, 0) is 38.3 Å². The lowest BCUT2D eigenvalue weighted by molar-refractivity contribution is -0.120. The van der Waals surface area contributed by atoms with E-state index in [-0.39, 0.29) is 17.6 Å². The van der Waals surface area contributed by atoms with Crippen LogP contribution in [-0.4, -0.2) is 37.5 Å². The van der Waals surface area contributed by atoms with E-state index in [4.69, 9.17) is 0 Å². The minimum absolute atomic E-state index is 0.0933. The van der Waals surface area contributed by atoms with Gasteiger partial charge in [0.25, 0.3) is 0 Å². The molecule has 0 bridgehead atoms. The Morgan fingerprint density at radius 3 is 2.65 bits per heavy atom. The molecule has 1 aliphatic rings. The second-order valence-electron chi connectivity index (χ2n) is 6.22. The predicted octanol–water partition coefficient (Wildman–Crippen LogP) is 2.78. The van der Waals surface area contributed by atoms with Crippen molar-refractivity contribution in [3.05, 3.63) is 29.8 Å². The Hall–Kier alpha value is -1.40. The maximum Gasteiger partial charge on any atom is 0.228 e. The first kappa shape index (κ1) is 17.9. The molecule has 23 heavy (non-hydrogen) atoms. The molecule has 0 radical (unpaired) electrons. The third-order valence-corrected chi connectivity index (χ3v) is 6.15. The number of piperidine rings is 1. The van der Waals surface area contributed by atoms with Crippen LogP contribution in [0, 0.1) is 12.8 Å². The summed E-state index contributed by atoms with van der Waals surface area (Å²) in [6, 6.07) is 7.62. The highest BCUT2D eigenvalue weighted by Crippen LogP contribution is 2.22. The number of carbonyl (C=O) groups excluding carboxylic acids is 1. The van der Waals surface area contributed by atoms with Gasteiger partial charge in [0, 0.05) is 18.8 Å². The van der Waals surface area contributed by atoms with Crippen LogP contribution in [0.4, 0.5) is 5.69 Å². The van der Waals surface area contributed by atoms with Gasteiger partial charge in [-0.15, -0.1) is 0 Å². The molecule has 2 rings (SSSR count). The van der Waals surface area contributed by atoms with Crippen molar-refractivity contribution in [3.8, 4) is 0 Å². The van der Waals surface area contributed by atoms with Crippen LogP contribution in [0.25, 0.3) is 0 Å². The lowest BCUT2D eigenvalue weighted by Gasteiger charge is -2.31. The number of carbonyl (C=O) groups is 1. The van der Waals surface area contributed by atoms with Crippen molar-refractivity contribution in [1.82, 2.24) is 4.31 Å². The molecule has 6 heteroatoms. The van der Waals surface area contributed by atoms with Gasteiger partial charge in [0.15, 0.2) is 0 Å². The fourth-order valence-corrected chi connectivity index (χ4v) is 4.47. The smallest absolute Gasteiger partial charge is 0.228 e. The van der Waals surface area contributed by atoms with Crippen LogP contribution in [-0.2, 0) is 14.8 Å². The van der Waals surface area contributed by atoms with Gasteiger partial charge in [0.2, 0.25) is 15.9 Å². The summed E-state index contributed by atoms with van der Waals surface area (Å²) in [6.45, 7) is 4.79. The first-order valence-corrected chi connectivity index (χ1v) is 9.88. The number of unbranched alkanes of at least 4 members (excludes halogenated alkanes) is 1. The standard InChI is InChI=1S/C17H26N2O3S/c1-3-4-12-23(21,22)19-11-5-6-15(13-19)17(20)18-16-9-7-14(2)8-10-16/h7-10,15H,3-6,11-13H2,1-2H3,(H,18,20)/t15-/m1/s1. The van der Waals surface area contributed by atoms with E-state index in [9.17, 15) is 13.2 Å². The SMILES string of the molecule is CCCCS(=O)(=O)N1CCC[C@@H](C(=O)Nc2ccc(C)cc2)C1. The number of aryl methyl sites for hydroxylation is 1. The van der Waals surface area contributed by atoms with Crippen LogP contribution in [0.5, 0.6) is 0 Å². The van der Waals surface area contributed by atoms with Crippen LogP contribution >= 0.6 is 0 Å². The second-order valence-corrected chi connectivity index (χ2v) is 8.31. The summed E-state index contributed by atoms with van der Waals surface area (Å²) in [5, 5.41) is 2.89. The van der Waals surface area contributed by atoms with Gasteiger partial charge in [-0.1, -0.05) is 31.0 Å². The van der Waals surface area contributed by atoms with E-state index in [1.165, 1.54) is 4.31 Å². The van der Waals surface area contributed by atoms with Crippen molar-refractivity contribution in [3.63, 3.8) is 0 Å². The number of hydrogen-bond donors (Lipinski definition) is 1. The zero-order valence-corrected chi connectivity index (χ0v) is 14.7. The van der Waals surface area contributed by atoms with Crippen LogP contribution in [0.3, 0.4) is 0 Å². The van der Waals surface area contributed by atoms with Crippen molar-refractivity contribution in [2.75, 3.05) is 24.2 Å². The number of anilines is 1. The highest BCUT2D eigenvalue weighted by molar-refractivity contribution is 7.89. The summed E-state index contributed by atoms with van der Waals surface area (Å²) in [5.74, 6) is -0.193. The van der Waals surface area contributed by atoms with Crippen LogP contribution in [0.1, 0.15) is 38.2 Å². The molecule has 1 aliphatic heterocycles. The minimum atomic E-state index is -3.24. The molecule has 0 aliphatic carbocycles. The van der Waals surface area contributed by atoms with Crippen molar-refractivity contribution < 1.29 is 13.2 Å². The Morgan fingerprint density at radius 2 is 2.00 bits per heavy atom. The molecule has 1 aromatic rings. The molecule has 1 N–H and O–H groups in total. The first-order chi connectivity index (χ1) is 10.9. The van der Waals surface area contributed by atoms with Gasteiger partial charge in [-0.3, -0.25) is 4.79 Å². The summed E-state index contributed by atoms with van der Waals surface area (Å²) in [7, 11) is -3.24. The Bertz CT molecular complexity index is 626. The van der Waals surface area contributed by atoms with Crippen LogP contribution in [0.2, 0.25) is 0 Å². The zero-order valence-electron chi connectivity index (χ0n) is 13.9. The summed E-state index contributed by atoms with van der Waals surface area (Å²) < 4.78 is 26.1. The third-order valence-electron chi connectivity index (χ3n) is 4.22. The van der Waals surface area contributed by atoms with E-state index in [2.05, 4.69) is 5.32 Å². The number of sulfonamides is 1. The summed E-state index contributed by atoms with van der Waals surface area (Å²) >= 11 is 0. The van der Waals surface area contributed by atoms with Gasteiger partial charge >= 0.3 is 0 Å². The molecule has 128 valence electrons. The molecule has 1 atom stereocenters. The number of amides is 1. The maximum atomic E-state index is 12.4. The molecular weight excluding hydrogens is 312 g/mol. The number of benzene rings is 1. The molecule has 1 saturated heterocycles. The molecule has 1 fully saturated rings. The monoisotopic (exact) mass is 338 g/mol. The molecule has 0 saturated carbocycles. The number of hydrogen-bond acceptors (Lipinski definition) is 3. The highest BCUT2D eigenvalue weighted by atomic mass is 32.2. The molecular formula is C17H26N2O3S. The zero-order chi connectivity index (χ0) is 16.9. The average molecular weight is 338 g/mol. The largest absolute Gasteiger partial charge is 0.326 e. The van der Waals surface area contributed by atoms with Gasteiger partial charge in [0.1, 0.15) is 0 Å². The lowest BCUT2D eigenvalue weighted by Crippen LogP contribution is -2.44. The summed E-state index contributed by atoms with van der Waals surface area (Å²) in [4.78, 5) is 12.4. The summed E-state index contributed by atoms with van der Waals surface area (Å²) in [5.41, 5.74) is 1.89. The van der Waals surface area contributed by atoms with Crippen molar-refractivity contribution in [2.45, 2.75) is 39.5 Å². The molecule has 1 aromatic carbocycles. The average Bonchev–Trinajstić information content (AvgIpc) is 2.55. The number of rotatable bonds is 6. The van der Waals surface area contributed by atoms with E-state index in [0.717, 1.165) is 30.5 Å². The van der Waals surface area contributed by atoms with Crippen LogP contribution in [0.15, 0.2) is 24.3 Å². The maximum absolute atomic E-state index is 12.4. The van der Waals surface area contributed by atoms with Gasteiger partial charge in [-0.2, -0.15) is 0 Å². The minimum Gasteiger partial charge on any atom is -0.326 e. The molecule has 5 nitrogen and oxygen atoms in total. The molecule has 1 amide bonds. The Morgan fingerprint density at radius 1 is 1.30 bits per heavy atom. The van der Waals surface area contributed by atoms with Gasteiger partial charge in [0.05, 0.1) is 11.7 Å². The normalized spacial score (nSPS) is 19.5. The first-order valence-electron chi connectivity index (χ1n) is 8.27. The van der Waals surface area contributed by atoms with E-state index < -0.39 is 10.0 Å². The molecule has 1 heterocycles. The highest BCUT2D eigenvalue weighted by Gasteiger charge is 2.31. The number of nitrogens with zero attached hydrogens (tertiary/aromatic N) is 1. The second kappa shape index (κ2) is 7.93. The summed E-state index contributed by atoms with van der Waals surface area (Å²) in [6.07, 6.45) is 2.98. The van der Waals surface area contributed by atoms with Crippen molar-refractivity contribution >= 4 is 21.6 Å². The quantitative estimate of drug-likeness (QED) is 0.867. The Balaban J connectivity index is 1.97. The fraction of sp³-hybridized carbons (Fsp3) is 0.588. The van der Waals surface area contributed by atoms with Crippen molar-refractivity contribution in [1.29, 1.82) is 0 Å². The predicted molar refractivity (Wildman–Crippen MR) is 92.8 cm³/mol. The Kier molecular flexibility index (Phi) is 6.18. The topological polar surface area (TPSA) is 66.5 Å². The molecule has 0 spiro atoms. The fourth-order valence-electron chi connectivity index (χ4n) is 2.75. The van der Waals surface area contributed by atoms with E-state index in [1.54, 1.807) is 0 Å². The third kappa shape index (κ3) is 5.04. The van der Waals surface area contributed by atoms with Gasteiger partial charge < -0.3 is 5.32 Å². The van der Waals surface area contributed by atoms with E-state index >= 15 is 0 Å². The number of nitrogens with one attached hydrogen (secondary N) is 1. The van der Waals surface area contributed by atoms with Crippen molar-refractivity contribution in [2.24, 2.45) is 5.92 Å². The lowest BCUT2D eigenvalue weighted by atomic mass is 9.98. The van der Waals surface area contributed by atoms with Gasteiger partial charge in [-0.25, -0.2) is 12.7 Å². The molecule has 0 unspecified atom stereocenters. The van der Waals surface area contributed by atoms with E-state index in [1.807, 2.05) is 38.1 Å². The molecule has 0 aromatic heterocycles.